The number of nitriles is 1. The van der Waals surface area contributed by atoms with E-state index in [9.17, 15) is 19.6 Å². The lowest BCUT2D eigenvalue weighted by Crippen LogP contribution is -2.66. The van der Waals surface area contributed by atoms with E-state index in [-0.39, 0.29) is 57.0 Å². The van der Waals surface area contributed by atoms with Gasteiger partial charge in [0.05, 0.1) is 16.7 Å². The van der Waals surface area contributed by atoms with Crippen molar-refractivity contribution in [2.45, 2.75) is 100 Å². The first-order valence-electron chi connectivity index (χ1n) is 15.5. The quantitative estimate of drug-likeness (QED) is 0.370. The van der Waals surface area contributed by atoms with Gasteiger partial charge in [-0.25, -0.2) is 4.98 Å². The Morgan fingerprint density at radius 3 is 2.34 bits per heavy atom. The predicted molar refractivity (Wildman–Crippen MR) is 156 cm³/mol. The monoisotopic (exact) mass is 555 g/mol. The zero-order valence-corrected chi connectivity index (χ0v) is 26.1. The molecule has 1 aromatic rings. The van der Waals surface area contributed by atoms with Crippen LogP contribution in [0.15, 0.2) is 35.8 Å². The fraction of sp³-hybridized carbons (Fsp3) is 0.686. The molecule has 1 aromatic heterocycles. The zero-order valence-electron chi connectivity index (χ0n) is 26.1. The van der Waals surface area contributed by atoms with Crippen molar-refractivity contribution in [3.05, 3.63) is 41.5 Å². The van der Waals surface area contributed by atoms with Crippen LogP contribution >= 0.6 is 0 Å². The van der Waals surface area contributed by atoms with Crippen LogP contribution in [-0.2, 0) is 9.59 Å². The number of ketones is 2. The molecule has 0 unspecified atom stereocenters. The average molecular weight is 556 g/mol. The molecule has 218 valence electrons. The highest BCUT2D eigenvalue weighted by Crippen LogP contribution is 2.74. The molecule has 3 saturated carbocycles. The lowest BCUT2D eigenvalue weighted by atomic mass is 9.34. The molecule has 0 spiro atoms. The van der Waals surface area contributed by atoms with Crippen molar-refractivity contribution in [1.82, 2.24) is 9.55 Å². The van der Waals surface area contributed by atoms with Crippen molar-refractivity contribution in [2.75, 3.05) is 0 Å². The van der Waals surface area contributed by atoms with E-state index in [1.165, 1.54) is 0 Å². The highest BCUT2D eigenvalue weighted by atomic mass is 16.2. The van der Waals surface area contributed by atoms with Gasteiger partial charge in [0.2, 0.25) is 5.91 Å². The minimum absolute atomic E-state index is 0.0224. The Bertz CT molecular complexity index is 1490. The van der Waals surface area contributed by atoms with Gasteiger partial charge in [-0.05, 0) is 86.0 Å². The molecule has 7 atom stereocenters. The third-order valence-corrected chi connectivity index (χ3v) is 13.2. The summed E-state index contributed by atoms with van der Waals surface area (Å²) in [6.45, 7) is 17.2. The Kier molecular flexibility index (Phi) is 5.80. The van der Waals surface area contributed by atoms with Crippen molar-refractivity contribution in [1.29, 1.82) is 5.26 Å². The number of aromatic nitrogens is 2. The molecule has 0 aromatic carbocycles. The molecule has 0 amide bonds. The maximum atomic E-state index is 14.6. The molecule has 5 aliphatic rings. The summed E-state index contributed by atoms with van der Waals surface area (Å²) in [5.41, 5.74) is -0.253. The van der Waals surface area contributed by atoms with Gasteiger partial charge in [0.25, 0.3) is 0 Å². The largest absolute Gasteiger partial charge is 0.295 e. The molecule has 3 fully saturated rings. The van der Waals surface area contributed by atoms with Crippen LogP contribution in [0.1, 0.15) is 104 Å². The van der Waals surface area contributed by atoms with Gasteiger partial charge < -0.3 is 0 Å². The molecule has 5 aliphatic carbocycles. The number of fused-ring (bicyclic) bond motifs is 7. The van der Waals surface area contributed by atoms with Gasteiger partial charge in [-0.3, -0.25) is 19.0 Å². The van der Waals surface area contributed by atoms with Gasteiger partial charge in [-0.2, -0.15) is 5.26 Å². The van der Waals surface area contributed by atoms with Crippen LogP contribution in [0.25, 0.3) is 0 Å². The Balaban J connectivity index is 1.52. The lowest BCUT2D eigenvalue weighted by Gasteiger charge is -2.69. The highest BCUT2D eigenvalue weighted by molar-refractivity contribution is 6.04. The van der Waals surface area contributed by atoms with Crippen molar-refractivity contribution in [3.63, 3.8) is 0 Å². The fourth-order valence-electron chi connectivity index (χ4n) is 10.8. The van der Waals surface area contributed by atoms with Gasteiger partial charge in [-0.15, -0.1) is 0 Å². The van der Waals surface area contributed by atoms with Crippen LogP contribution in [0, 0.1) is 68.5 Å². The number of allylic oxidation sites excluding steroid dienone is 4. The summed E-state index contributed by atoms with van der Waals surface area (Å²) < 4.78 is 1.68. The minimum atomic E-state index is -0.679. The van der Waals surface area contributed by atoms with Crippen LogP contribution in [0.4, 0.5) is 0 Å². The van der Waals surface area contributed by atoms with Gasteiger partial charge in [-0.1, -0.05) is 60.1 Å². The normalized spacial score (nSPS) is 42.5. The second-order valence-corrected chi connectivity index (χ2v) is 16.1. The first-order chi connectivity index (χ1) is 19.0. The lowest BCUT2D eigenvalue weighted by molar-refractivity contribution is -0.164. The summed E-state index contributed by atoms with van der Waals surface area (Å²) in [6.07, 6.45) is 13.2. The van der Waals surface area contributed by atoms with E-state index < -0.39 is 16.2 Å². The van der Waals surface area contributed by atoms with Gasteiger partial charge >= 0.3 is 0 Å². The number of imidazole rings is 1. The van der Waals surface area contributed by atoms with E-state index in [0.717, 1.165) is 56.2 Å². The molecule has 41 heavy (non-hydrogen) atoms. The maximum absolute atomic E-state index is 14.6. The van der Waals surface area contributed by atoms with Crippen molar-refractivity contribution >= 4 is 17.5 Å². The van der Waals surface area contributed by atoms with E-state index in [1.807, 2.05) is 39.1 Å². The third kappa shape index (κ3) is 3.47. The first-order valence-corrected chi connectivity index (χ1v) is 15.5. The molecule has 6 nitrogen and oxygen atoms in total. The molecule has 0 aliphatic heterocycles. The molecule has 0 N–H and O–H groups in total. The molecule has 6 rings (SSSR count). The first kappa shape index (κ1) is 28.3. The van der Waals surface area contributed by atoms with Crippen LogP contribution in [0.5, 0.6) is 0 Å². The summed E-state index contributed by atoms with van der Waals surface area (Å²) in [5, 5.41) is 9.94. The van der Waals surface area contributed by atoms with Crippen LogP contribution in [0.3, 0.4) is 0 Å². The second kappa shape index (κ2) is 8.39. The number of hydrogen-bond acceptors (Lipinski definition) is 5. The number of Topliss-reactive ketones (excluding diaryl/α,β-unsaturated/α-hetero) is 1. The number of aryl methyl sites for hydroxylation is 1. The number of carbonyl (C=O) groups is 3. The smallest absolute Gasteiger partial charge is 0.238 e. The Labute approximate surface area is 244 Å². The number of hydrogen-bond donors (Lipinski definition) is 0. The van der Waals surface area contributed by atoms with E-state index >= 15 is 0 Å². The number of carbonyl (C=O) groups excluding carboxylic acids is 3. The zero-order chi connectivity index (χ0) is 30.0. The third-order valence-electron chi connectivity index (χ3n) is 13.2. The summed E-state index contributed by atoms with van der Waals surface area (Å²) in [7, 11) is 0. The molecule has 6 heteroatoms. The van der Waals surface area contributed by atoms with E-state index in [4.69, 9.17) is 0 Å². The summed E-state index contributed by atoms with van der Waals surface area (Å²) >= 11 is 0. The summed E-state index contributed by atoms with van der Waals surface area (Å²) in [4.78, 5) is 46.7. The van der Waals surface area contributed by atoms with Crippen LogP contribution in [0.2, 0.25) is 0 Å². The van der Waals surface area contributed by atoms with Crippen LogP contribution in [-0.4, -0.2) is 27.0 Å². The van der Waals surface area contributed by atoms with E-state index in [0.29, 0.717) is 0 Å². The Hall–Kier alpha value is -2.81. The molecule has 0 saturated heterocycles. The molecular formula is C35H45N3O3. The number of nitrogens with zero attached hydrogens (tertiary/aromatic N) is 3. The molecule has 0 radical (unpaired) electrons. The van der Waals surface area contributed by atoms with Crippen molar-refractivity contribution < 1.29 is 14.4 Å². The second-order valence-electron chi connectivity index (χ2n) is 16.1. The van der Waals surface area contributed by atoms with Gasteiger partial charge in [0.15, 0.2) is 11.6 Å². The molecule has 1 heterocycles. The summed E-state index contributed by atoms with van der Waals surface area (Å²) in [5.74, 6) is -0.145. The number of rotatable bonds is 1. The molecule has 0 bridgehead atoms. The summed E-state index contributed by atoms with van der Waals surface area (Å²) in [6, 6.07) is 2.19. The van der Waals surface area contributed by atoms with Gasteiger partial charge in [0, 0.05) is 22.9 Å². The predicted octanol–water partition coefficient (Wildman–Crippen LogP) is 7.05. The van der Waals surface area contributed by atoms with Crippen molar-refractivity contribution in [3.8, 4) is 6.07 Å². The van der Waals surface area contributed by atoms with Crippen molar-refractivity contribution in [2.24, 2.45) is 50.2 Å². The Morgan fingerprint density at radius 2 is 1.71 bits per heavy atom. The van der Waals surface area contributed by atoms with Gasteiger partial charge in [0.1, 0.15) is 12.4 Å². The minimum Gasteiger partial charge on any atom is -0.295 e. The topological polar surface area (TPSA) is 92.8 Å². The molecular weight excluding hydrogens is 510 g/mol. The fourth-order valence-corrected chi connectivity index (χ4v) is 10.8. The standard InChI is InChI=1S/C35H45N3O3/c1-21-19-38(20-37-21)29(41)35-13-11-30(2,3)17-23(35)27-24(39)15-26-32(6)16-22(18-36)28(40)31(4,5)25(32)9-10-33(26,7)34(27,8)12-14-35/h15-16,19-20,23,25,27H,9-14,17H2,1-8H3/t23-,25-,27-,32-,33+,34+,35-/m0/s1. The van der Waals surface area contributed by atoms with Crippen LogP contribution < -0.4 is 0 Å². The Morgan fingerprint density at radius 1 is 1.02 bits per heavy atom. The average Bonchev–Trinajstić information content (AvgIpc) is 3.33. The SMILES string of the molecule is Cc1cn(C(=O)[C@]23CCC(C)(C)C[C@H]2[C@H]2C(=O)C=C4[C@@]5(C)C=C(C#N)C(=O)C(C)(C)[C@@H]5CC[C@@]4(C)[C@]2(C)CC3)cn1. The highest BCUT2D eigenvalue weighted by Gasteiger charge is 2.71. The maximum Gasteiger partial charge on any atom is 0.238 e. The van der Waals surface area contributed by atoms with E-state index in [1.54, 1.807) is 10.9 Å². The van der Waals surface area contributed by atoms with E-state index in [2.05, 4.69) is 45.7 Å².